The maximum Gasteiger partial charge on any atom is 0.306 e. The van der Waals surface area contributed by atoms with Crippen LogP contribution in [0.5, 0.6) is 0 Å². The van der Waals surface area contributed by atoms with Crippen molar-refractivity contribution in [2.45, 2.75) is 229 Å². The summed E-state index contributed by atoms with van der Waals surface area (Å²) in [6, 6.07) is 0. The van der Waals surface area contributed by atoms with E-state index in [4.69, 9.17) is 18.5 Å². The van der Waals surface area contributed by atoms with Crippen LogP contribution in [0.15, 0.2) is 0 Å². The smallest absolute Gasteiger partial charge is 0.306 e. The first-order valence-electron chi connectivity index (χ1n) is 22.9. The van der Waals surface area contributed by atoms with E-state index in [1.165, 1.54) is 148 Å². The molecule has 334 valence electrons. The molecule has 0 aliphatic heterocycles. The number of rotatable bonds is 42. The van der Waals surface area contributed by atoms with Gasteiger partial charge in [0, 0.05) is 12.8 Å². The number of halogens is 2. The predicted octanol–water partition coefficient (Wildman–Crippen LogP) is 13.6. The number of likely N-dealkylation sites (N-methyl/N-ethyl adjacent to an activating group) is 1. The molecule has 0 saturated carbocycles. The van der Waals surface area contributed by atoms with Crippen LogP contribution < -0.4 is 4.89 Å². The number of nitrogens with zero attached hydrogens (tertiary/aromatic N) is 1. The number of ether oxygens (including phenoxy) is 2. The van der Waals surface area contributed by atoms with Crippen LogP contribution in [0.1, 0.15) is 219 Å². The van der Waals surface area contributed by atoms with Crippen LogP contribution >= 0.6 is 39.7 Å². The van der Waals surface area contributed by atoms with E-state index in [2.05, 4.69) is 45.7 Å². The van der Waals surface area contributed by atoms with Crippen LogP contribution in [-0.2, 0) is 32.7 Å². The Morgan fingerprint density at radius 3 is 1.21 bits per heavy atom. The van der Waals surface area contributed by atoms with Gasteiger partial charge in [-0.2, -0.15) is 0 Å². The van der Waals surface area contributed by atoms with E-state index in [-0.39, 0.29) is 26.0 Å². The van der Waals surface area contributed by atoms with Crippen molar-refractivity contribution in [2.24, 2.45) is 0 Å². The van der Waals surface area contributed by atoms with Gasteiger partial charge in [-0.1, -0.05) is 194 Å². The molecule has 56 heavy (non-hydrogen) atoms. The van der Waals surface area contributed by atoms with Gasteiger partial charge < -0.3 is 23.4 Å². The van der Waals surface area contributed by atoms with Crippen molar-refractivity contribution in [2.75, 3.05) is 40.9 Å². The monoisotopic (exact) mass is 945 g/mol. The fourth-order valence-electron chi connectivity index (χ4n) is 6.85. The number of unbranched alkanes of at least 4 members (excludes halogenated alkanes) is 28. The molecule has 1 unspecified atom stereocenters. The number of carbonyl (C=O) groups is 2. The largest absolute Gasteiger partial charge is 0.756 e. The van der Waals surface area contributed by atoms with Gasteiger partial charge in [0.05, 0.1) is 27.7 Å². The topological polar surface area (TPSA) is 111 Å². The van der Waals surface area contributed by atoms with Crippen LogP contribution in [0.3, 0.4) is 0 Å². The third kappa shape index (κ3) is 40.7. The van der Waals surface area contributed by atoms with Crippen LogP contribution in [0.25, 0.3) is 0 Å². The van der Waals surface area contributed by atoms with Crippen molar-refractivity contribution >= 4 is 51.6 Å². The Bertz CT molecular complexity index is 981. The standard InChI is InChI=1S/C44H86Br2NO8P/c1-6-8-10-12-14-16-18-20-22-24-26-28-30-32-34-36-42(48)52-38-41(39-53-56(50,51)55-44(45,46)40-47(3,4)5)54-43(49)37-35-33-31-29-27-25-23-21-19-17-15-13-11-9-7-2/h41H,6-40H2,1-5H3/t41-/m1/s1. The molecule has 0 aromatic carbocycles. The van der Waals surface area contributed by atoms with E-state index in [1.54, 1.807) is 0 Å². The second kappa shape index (κ2) is 36.8. The SMILES string of the molecule is CCCCCCCCCCCCCCCCCC(=O)OC[C@H](COP(=O)([O-])OC(Br)(Br)C[N+](C)(C)C)OC(=O)CCCCCCCCCCCCCCCCC. The van der Waals surface area contributed by atoms with Gasteiger partial charge in [-0.15, -0.1) is 0 Å². The Morgan fingerprint density at radius 2 is 0.875 bits per heavy atom. The lowest BCUT2D eigenvalue weighted by Crippen LogP contribution is -2.44. The van der Waals surface area contributed by atoms with Crippen molar-refractivity contribution in [3.8, 4) is 0 Å². The van der Waals surface area contributed by atoms with Crippen LogP contribution in [0.2, 0.25) is 0 Å². The summed E-state index contributed by atoms with van der Waals surface area (Å²) in [7, 11) is 0.834. The van der Waals surface area contributed by atoms with Gasteiger partial charge in [0.15, 0.2) is 6.10 Å². The fourth-order valence-corrected chi connectivity index (χ4v) is 10.2. The van der Waals surface area contributed by atoms with Gasteiger partial charge in [0.1, 0.15) is 13.2 Å². The fraction of sp³-hybridized carbons (Fsp3) is 0.955. The van der Waals surface area contributed by atoms with Crippen molar-refractivity contribution in [3.05, 3.63) is 0 Å². The summed E-state index contributed by atoms with van der Waals surface area (Å²) in [6.45, 7) is 3.98. The number of phosphoric acid groups is 1. The van der Waals surface area contributed by atoms with Crippen molar-refractivity contribution in [1.82, 2.24) is 0 Å². The molecule has 0 spiro atoms. The average Bonchev–Trinajstić information content (AvgIpc) is 3.11. The van der Waals surface area contributed by atoms with E-state index < -0.39 is 35.9 Å². The summed E-state index contributed by atoms with van der Waals surface area (Å²) in [5.74, 6) is -0.860. The van der Waals surface area contributed by atoms with E-state index in [9.17, 15) is 19.0 Å². The van der Waals surface area contributed by atoms with Crippen molar-refractivity contribution in [3.63, 3.8) is 0 Å². The van der Waals surface area contributed by atoms with E-state index in [0.717, 1.165) is 38.5 Å². The molecule has 0 N–H and O–H groups in total. The number of hydrogen-bond acceptors (Lipinski definition) is 8. The van der Waals surface area contributed by atoms with Gasteiger partial charge in [0.2, 0.25) is 3.42 Å². The Morgan fingerprint density at radius 1 is 0.554 bits per heavy atom. The third-order valence-corrected chi connectivity index (χ3v) is 12.3. The Kier molecular flexibility index (Phi) is 36.8. The molecule has 0 aromatic heterocycles. The Hall–Kier alpha value is -0.0300. The minimum atomic E-state index is -4.83. The van der Waals surface area contributed by atoms with Crippen LogP contribution in [0, 0.1) is 0 Å². The molecule has 0 radical (unpaired) electrons. The molecular formula is C44H86Br2NO8P. The number of alkyl halides is 2. The summed E-state index contributed by atoms with van der Waals surface area (Å²) in [5.41, 5.74) is 0. The first-order chi connectivity index (χ1) is 26.7. The zero-order valence-electron chi connectivity index (χ0n) is 36.7. The minimum Gasteiger partial charge on any atom is -0.756 e. The first kappa shape index (κ1) is 56.0. The molecule has 0 bridgehead atoms. The van der Waals surface area contributed by atoms with Gasteiger partial charge in [0.25, 0.3) is 7.82 Å². The van der Waals surface area contributed by atoms with Gasteiger partial charge in [-0.05, 0) is 44.7 Å². The third-order valence-electron chi connectivity index (χ3n) is 10.0. The molecule has 9 nitrogen and oxygen atoms in total. The highest BCUT2D eigenvalue weighted by Crippen LogP contribution is 2.48. The zero-order chi connectivity index (χ0) is 41.8. The zero-order valence-corrected chi connectivity index (χ0v) is 40.8. The lowest BCUT2D eigenvalue weighted by molar-refractivity contribution is -0.872. The average molecular weight is 948 g/mol. The quantitative estimate of drug-likeness (QED) is 0.0196. The molecule has 2 atom stereocenters. The number of carbonyl (C=O) groups excluding carboxylic acids is 2. The Balaban J connectivity index is 4.48. The van der Waals surface area contributed by atoms with Crippen LogP contribution in [-0.4, -0.2) is 66.8 Å². The minimum absolute atomic E-state index is 0.211. The van der Waals surface area contributed by atoms with Gasteiger partial charge in [-0.3, -0.25) is 18.7 Å². The molecule has 0 aliphatic carbocycles. The number of phosphoric ester groups is 1. The maximum atomic E-state index is 12.8. The molecule has 12 heteroatoms. The first-order valence-corrected chi connectivity index (χ1v) is 25.9. The second-order valence-corrected chi connectivity index (χ2v) is 22.1. The van der Waals surface area contributed by atoms with Gasteiger partial charge >= 0.3 is 11.9 Å². The van der Waals surface area contributed by atoms with Gasteiger partial charge in [-0.25, -0.2) is 0 Å². The molecule has 0 amide bonds. The van der Waals surface area contributed by atoms with Crippen molar-refractivity contribution in [1.29, 1.82) is 0 Å². The normalized spacial score (nSPS) is 13.8. The van der Waals surface area contributed by atoms with E-state index in [0.29, 0.717) is 10.9 Å². The van der Waals surface area contributed by atoms with E-state index >= 15 is 0 Å². The summed E-state index contributed by atoms with van der Waals surface area (Å²) in [5, 5.41) is 0. The molecule has 0 saturated heterocycles. The highest BCUT2D eigenvalue weighted by atomic mass is 79.9. The number of quaternary nitrogens is 1. The summed E-state index contributed by atoms with van der Waals surface area (Å²) in [6.07, 6.45) is 36.6. The lowest BCUT2D eigenvalue weighted by atomic mass is 10.0. The summed E-state index contributed by atoms with van der Waals surface area (Å²) < 4.78 is 33.1. The molecule has 0 rings (SSSR count). The predicted molar refractivity (Wildman–Crippen MR) is 238 cm³/mol. The molecule has 0 heterocycles. The number of esters is 2. The number of hydrogen-bond donors (Lipinski definition) is 0. The van der Waals surface area contributed by atoms with Crippen LogP contribution in [0.4, 0.5) is 0 Å². The van der Waals surface area contributed by atoms with E-state index in [1.807, 2.05) is 21.1 Å². The van der Waals surface area contributed by atoms with Crippen molar-refractivity contribution < 1.29 is 42.1 Å². The molecule has 0 aliphatic rings. The lowest BCUT2D eigenvalue weighted by Gasteiger charge is -2.35. The molecule has 0 aromatic rings. The molecule has 0 fully saturated rings. The summed E-state index contributed by atoms with van der Waals surface area (Å²) >= 11 is 6.53. The maximum absolute atomic E-state index is 12.8. The summed E-state index contributed by atoms with van der Waals surface area (Å²) in [4.78, 5) is 38.0. The molecular weight excluding hydrogens is 861 g/mol. The highest BCUT2D eigenvalue weighted by Gasteiger charge is 2.36. The Labute approximate surface area is 361 Å². The highest BCUT2D eigenvalue weighted by molar-refractivity contribution is 9.25. The second-order valence-electron chi connectivity index (χ2n) is 17.1.